The molecule has 2 N–H and O–H groups in total. The first-order chi connectivity index (χ1) is 12.8. The third-order valence-corrected chi connectivity index (χ3v) is 4.74. The summed E-state index contributed by atoms with van der Waals surface area (Å²) in [5.74, 6) is 1.59. The molecule has 134 valence electrons. The normalized spacial score (nSPS) is 11.2. The summed E-state index contributed by atoms with van der Waals surface area (Å²) in [7, 11) is 3.44. The minimum atomic E-state index is 0.628. The van der Waals surface area contributed by atoms with Crippen LogP contribution in [0.15, 0.2) is 65.0 Å². The molecular weight excluding hydrogens is 344 g/mol. The highest BCUT2D eigenvalue weighted by atomic mass is 32.1. The van der Waals surface area contributed by atoms with Gasteiger partial charge in [-0.1, -0.05) is 48.5 Å². The predicted molar refractivity (Wildman–Crippen MR) is 108 cm³/mol. The quantitative estimate of drug-likeness (QED) is 0.516. The number of rotatable bonds is 6. The van der Waals surface area contributed by atoms with Crippen LogP contribution in [0.3, 0.4) is 0 Å². The molecule has 0 amide bonds. The zero-order valence-corrected chi connectivity index (χ0v) is 15.7. The zero-order chi connectivity index (χ0) is 18.2. The van der Waals surface area contributed by atoms with Crippen molar-refractivity contribution in [2.45, 2.75) is 13.1 Å². The van der Waals surface area contributed by atoms with Crippen LogP contribution in [0.5, 0.6) is 5.75 Å². The van der Waals surface area contributed by atoms with Gasteiger partial charge in [-0.15, -0.1) is 11.3 Å². The number of thiazole rings is 1. The lowest BCUT2D eigenvalue weighted by Gasteiger charge is -2.13. The van der Waals surface area contributed by atoms with Crippen molar-refractivity contribution in [3.8, 4) is 17.0 Å². The van der Waals surface area contributed by atoms with Crippen molar-refractivity contribution in [2.75, 3.05) is 14.2 Å². The van der Waals surface area contributed by atoms with Gasteiger partial charge >= 0.3 is 0 Å². The molecule has 0 aliphatic heterocycles. The van der Waals surface area contributed by atoms with Crippen LogP contribution in [-0.2, 0) is 13.1 Å². The second-order valence-corrected chi connectivity index (χ2v) is 6.53. The summed E-state index contributed by atoms with van der Waals surface area (Å²) in [5.41, 5.74) is 3.22. The SMILES string of the molecule is CN=C(NCc1nc(-c2ccccc2)cs1)NCc1ccccc1OC. The number of aromatic nitrogens is 1. The molecule has 0 saturated carbocycles. The van der Waals surface area contributed by atoms with E-state index in [9.17, 15) is 0 Å². The van der Waals surface area contributed by atoms with Gasteiger partial charge in [0.25, 0.3) is 0 Å². The van der Waals surface area contributed by atoms with Gasteiger partial charge in [0.2, 0.25) is 0 Å². The van der Waals surface area contributed by atoms with Crippen molar-refractivity contribution in [1.82, 2.24) is 15.6 Å². The van der Waals surface area contributed by atoms with Crippen LogP contribution >= 0.6 is 11.3 Å². The maximum Gasteiger partial charge on any atom is 0.191 e. The number of hydrogen-bond donors (Lipinski definition) is 2. The van der Waals surface area contributed by atoms with Crippen molar-refractivity contribution in [3.63, 3.8) is 0 Å². The highest BCUT2D eigenvalue weighted by Crippen LogP contribution is 2.21. The van der Waals surface area contributed by atoms with E-state index in [1.54, 1.807) is 25.5 Å². The van der Waals surface area contributed by atoms with E-state index in [0.29, 0.717) is 13.1 Å². The third-order valence-electron chi connectivity index (χ3n) is 3.89. The highest BCUT2D eigenvalue weighted by Gasteiger charge is 2.06. The molecule has 0 atom stereocenters. The van der Waals surface area contributed by atoms with Crippen molar-refractivity contribution in [1.29, 1.82) is 0 Å². The van der Waals surface area contributed by atoms with E-state index in [1.165, 1.54) is 0 Å². The van der Waals surface area contributed by atoms with Gasteiger partial charge in [0.15, 0.2) is 5.96 Å². The summed E-state index contributed by atoms with van der Waals surface area (Å²) >= 11 is 1.64. The molecule has 0 unspecified atom stereocenters. The molecule has 2 aromatic carbocycles. The molecule has 0 aliphatic rings. The molecule has 0 radical (unpaired) electrons. The maximum atomic E-state index is 5.38. The number of hydrogen-bond acceptors (Lipinski definition) is 4. The fourth-order valence-corrected chi connectivity index (χ4v) is 3.28. The molecule has 6 heteroatoms. The molecule has 0 saturated heterocycles. The van der Waals surface area contributed by atoms with Crippen LogP contribution in [0.1, 0.15) is 10.6 Å². The average Bonchev–Trinajstić information content (AvgIpc) is 3.18. The smallest absolute Gasteiger partial charge is 0.191 e. The van der Waals surface area contributed by atoms with E-state index in [2.05, 4.69) is 38.1 Å². The van der Waals surface area contributed by atoms with Gasteiger partial charge < -0.3 is 15.4 Å². The molecule has 3 rings (SSSR count). The van der Waals surface area contributed by atoms with E-state index in [-0.39, 0.29) is 0 Å². The van der Waals surface area contributed by atoms with Crippen LogP contribution in [0.25, 0.3) is 11.3 Å². The largest absolute Gasteiger partial charge is 0.496 e. The van der Waals surface area contributed by atoms with Gasteiger partial charge in [-0.25, -0.2) is 4.98 Å². The number of ether oxygens (including phenoxy) is 1. The minimum Gasteiger partial charge on any atom is -0.496 e. The molecule has 1 heterocycles. The Morgan fingerprint density at radius 1 is 1.04 bits per heavy atom. The van der Waals surface area contributed by atoms with Crippen LogP contribution in [0.4, 0.5) is 0 Å². The number of nitrogens with zero attached hydrogens (tertiary/aromatic N) is 2. The Morgan fingerprint density at radius 3 is 2.54 bits per heavy atom. The fourth-order valence-electron chi connectivity index (χ4n) is 2.54. The highest BCUT2D eigenvalue weighted by molar-refractivity contribution is 7.09. The van der Waals surface area contributed by atoms with Crippen LogP contribution in [0, 0.1) is 0 Å². The Kier molecular flexibility index (Phi) is 6.22. The van der Waals surface area contributed by atoms with Crippen molar-refractivity contribution in [2.24, 2.45) is 4.99 Å². The summed E-state index contributed by atoms with van der Waals surface area (Å²) in [4.78, 5) is 8.95. The van der Waals surface area contributed by atoms with Gasteiger partial charge in [0.1, 0.15) is 10.8 Å². The predicted octanol–water partition coefficient (Wildman–Crippen LogP) is 3.68. The van der Waals surface area contributed by atoms with Gasteiger partial charge in [-0.2, -0.15) is 0 Å². The van der Waals surface area contributed by atoms with E-state index in [1.807, 2.05) is 42.5 Å². The summed E-state index contributed by atoms with van der Waals surface area (Å²) in [6, 6.07) is 18.1. The molecule has 5 nitrogen and oxygen atoms in total. The number of methoxy groups -OCH3 is 1. The second kappa shape index (κ2) is 9.01. The van der Waals surface area contributed by atoms with E-state index < -0.39 is 0 Å². The molecule has 0 fully saturated rings. The lowest BCUT2D eigenvalue weighted by Crippen LogP contribution is -2.36. The van der Waals surface area contributed by atoms with Crippen LogP contribution in [0.2, 0.25) is 0 Å². The minimum absolute atomic E-state index is 0.628. The fraction of sp³-hybridized carbons (Fsp3) is 0.200. The topological polar surface area (TPSA) is 58.5 Å². The van der Waals surface area contributed by atoms with Crippen molar-refractivity contribution < 1.29 is 4.74 Å². The first-order valence-electron chi connectivity index (χ1n) is 8.36. The van der Waals surface area contributed by atoms with Gasteiger partial charge in [0, 0.05) is 30.1 Å². The first-order valence-corrected chi connectivity index (χ1v) is 9.24. The molecule has 1 aromatic heterocycles. The van der Waals surface area contributed by atoms with E-state index >= 15 is 0 Å². The van der Waals surface area contributed by atoms with E-state index in [0.717, 1.165) is 33.5 Å². The Morgan fingerprint density at radius 2 is 1.77 bits per heavy atom. The van der Waals surface area contributed by atoms with Crippen molar-refractivity contribution >= 4 is 17.3 Å². The van der Waals surface area contributed by atoms with Gasteiger partial charge in [-0.3, -0.25) is 4.99 Å². The summed E-state index contributed by atoms with van der Waals surface area (Å²) < 4.78 is 5.38. The van der Waals surface area contributed by atoms with Crippen molar-refractivity contribution in [3.05, 3.63) is 70.5 Å². The number of guanidine groups is 1. The molecule has 3 aromatic rings. The molecule has 0 bridgehead atoms. The standard InChI is InChI=1S/C20H22N4OS/c1-21-20(22-12-16-10-6-7-11-18(16)25-2)23-13-19-24-17(14-26-19)15-8-4-3-5-9-15/h3-11,14H,12-13H2,1-2H3,(H2,21,22,23). The Balaban J connectivity index is 1.55. The van der Waals surface area contributed by atoms with Gasteiger partial charge in [-0.05, 0) is 6.07 Å². The van der Waals surface area contributed by atoms with Crippen LogP contribution in [-0.4, -0.2) is 25.1 Å². The molecule has 0 spiro atoms. The zero-order valence-electron chi connectivity index (χ0n) is 14.9. The number of nitrogens with one attached hydrogen (secondary N) is 2. The summed E-state index contributed by atoms with van der Waals surface area (Å²) in [5, 5.41) is 9.71. The maximum absolute atomic E-state index is 5.38. The molecule has 0 aliphatic carbocycles. The number of aliphatic imine (C=N–C) groups is 1. The van der Waals surface area contributed by atoms with Crippen LogP contribution < -0.4 is 15.4 Å². The Bertz CT molecular complexity index is 861. The monoisotopic (exact) mass is 366 g/mol. The average molecular weight is 366 g/mol. The molecular formula is C20H22N4OS. The lowest BCUT2D eigenvalue weighted by molar-refractivity contribution is 0.409. The molecule has 26 heavy (non-hydrogen) atoms. The summed E-state index contributed by atoms with van der Waals surface area (Å²) in [6.07, 6.45) is 0. The third kappa shape index (κ3) is 4.61. The first kappa shape index (κ1) is 17.9. The Hall–Kier alpha value is -2.86. The second-order valence-electron chi connectivity index (χ2n) is 5.58. The number of benzene rings is 2. The number of para-hydroxylation sites is 1. The lowest BCUT2D eigenvalue weighted by atomic mass is 10.2. The Labute approximate surface area is 157 Å². The van der Waals surface area contributed by atoms with Gasteiger partial charge in [0.05, 0.1) is 19.3 Å². The van der Waals surface area contributed by atoms with E-state index in [4.69, 9.17) is 4.74 Å². The summed E-state index contributed by atoms with van der Waals surface area (Å²) in [6.45, 7) is 1.26.